The molecule has 2 unspecified atom stereocenters. The Kier molecular flexibility index (Phi) is 3.34. The Morgan fingerprint density at radius 2 is 1.90 bits per heavy atom. The highest BCUT2D eigenvalue weighted by atomic mass is 16.5. The smallest absolute Gasteiger partial charge is 0.307 e. The van der Waals surface area contributed by atoms with Crippen LogP contribution in [0.25, 0.3) is 0 Å². The molecule has 5 heteroatoms. The molecule has 1 aromatic rings. The average molecular weight is 275 g/mol. The second kappa shape index (κ2) is 5.15. The number of rotatable bonds is 6. The van der Waals surface area contributed by atoms with Crippen molar-refractivity contribution in [3.05, 3.63) is 24.3 Å². The quantitative estimate of drug-likeness (QED) is 0.834. The molecule has 0 aliphatic heterocycles. The van der Waals surface area contributed by atoms with E-state index in [1.165, 1.54) is 12.8 Å². The maximum atomic E-state index is 11.8. The summed E-state index contributed by atoms with van der Waals surface area (Å²) in [5.74, 6) is -0.519. The van der Waals surface area contributed by atoms with Gasteiger partial charge in [0.25, 0.3) is 0 Å². The molecule has 2 aliphatic carbocycles. The molecule has 0 spiro atoms. The fraction of sp³-hybridized carbons (Fsp3) is 0.467. The van der Waals surface area contributed by atoms with Crippen molar-refractivity contribution >= 4 is 17.6 Å². The van der Waals surface area contributed by atoms with E-state index in [1.807, 2.05) is 12.1 Å². The minimum atomic E-state index is -0.894. The van der Waals surface area contributed by atoms with Gasteiger partial charge in [-0.05, 0) is 49.4 Å². The van der Waals surface area contributed by atoms with Gasteiger partial charge in [-0.1, -0.05) is 0 Å². The first kappa shape index (κ1) is 13.0. The number of benzene rings is 1. The number of carbonyl (C=O) groups excluding carboxylic acids is 1. The number of anilines is 1. The number of hydrogen-bond acceptors (Lipinski definition) is 3. The Balaban J connectivity index is 1.50. The van der Waals surface area contributed by atoms with Gasteiger partial charge in [0.2, 0.25) is 5.91 Å². The van der Waals surface area contributed by atoms with Crippen LogP contribution in [0, 0.1) is 17.8 Å². The lowest BCUT2D eigenvalue weighted by Crippen LogP contribution is -2.16. The third-order valence-corrected chi connectivity index (χ3v) is 3.75. The first-order chi connectivity index (χ1) is 9.63. The molecular weight excluding hydrogens is 258 g/mol. The van der Waals surface area contributed by atoms with Crippen molar-refractivity contribution in [2.75, 3.05) is 11.9 Å². The second-order valence-corrected chi connectivity index (χ2v) is 5.55. The second-order valence-electron chi connectivity index (χ2n) is 5.55. The van der Waals surface area contributed by atoms with Crippen LogP contribution in [0.5, 0.6) is 5.75 Å². The van der Waals surface area contributed by atoms with Crippen LogP contribution < -0.4 is 10.1 Å². The van der Waals surface area contributed by atoms with Crippen molar-refractivity contribution in [2.24, 2.45) is 17.8 Å². The molecule has 2 saturated carbocycles. The van der Waals surface area contributed by atoms with Gasteiger partial charge in [-0.25, -0.2) is 0 Å². The summed E-state index contributed by atoms with van der Waals surface area (Å²) in [4.78, 5) is 22.5. The van der Waals surface area contributed by atoms with Gasteiger partial charge in [0.1, 0.15) is 5.75 Å². The summed E-state index contributed by atoms with van der Waals surface area (Å²) < 4.78 is 5.61. The summed E-state index contributed by atoms with van der Waals surface area (Å²) in [6.45, 7) is 0.758. The highest BCUT2D eigenvalue weighted by Crippen LogP contribution is 2.39. The number of aliphatic carboxylic acids is 1. The fourth-order valence-electron chi connectivity index (χ4n) is 2.13. The highest BCUT2D eigenvalue weighted by Gasteiger charge is 2.48. The Bertz CT molecular complexity index is 521. The maximum absolute atomic E-state index is 11.8. The Morgan fingerprint density at radius 1 is 1.20 bits per heavy atom. The Morgan fingerprint density at radius 3 is 2.45 bits per heavy atom. The monoisotopic (exact) mass is 275 g/mol. The summed E-state index contributed by atoms with van der Waals surface area (Å²) in [5.41, 5.74) is 0.671. The van der Waals surface area contributed by atoms with E-state index >= 15 is 0 Å². The van der Waals surface area contributed by atoms with Crippen LogP contribution in [0.15, 0.2) is 24.3 Å². The first-order valence-corrected chi connectivity index (χ1v) is 6.90. The predicted octanol–water partition coefficient (Wildman–Crippen LogP) is 2.13. The van der Waals surface area contributed by atoms with E-state index in [-0.39, 0.29) is 5.91 Å². The van der Waals surface area contributed by atoms with E-state index in [0.717, 1.165) is 12.4 Å². The number of carbonyl (C=O) groups is 2. The summed E-state index contributed by atoms with van der Waals surface area (Å²) in [7, 11) is 0. The largest absolute Gasteiger partial charge is 0.493 e. The third kappa shape index (κ3) is 3.10. The van der Waals surface area contributed by atoms with Crippen LogP contribution in [-0.2, 0) is 9.59 Å². The van der Waals surface area contributed by atoms with E-state index in [1.54, 1.807) is 12.1 Å². The van der Waals surface area contributed by atoms with Crippen LogP contribution in [0.1, 0.15) is 19.3 Å². The van der Waals surface area contributed by atoms with Crippen molar-refractivity contribution < 1.29 is 19.4 Å². The van der Waals surface area contributed by atoms with Crippen molar-refractivity contribution in [3.8, 4) is 5.75 Å². The minimum absolute atomic E-state index is 0.218. The molecule has 20 heavy (non-hydrogen) atoms. The van der Waals surface area contributed by atoms with E-state index in [0.29, 0.717) is 18.0 Å². The number of hydrogen-bond donors (Lipinski definition) is 2. The Hall–Kier alpha value is -2.04. The molecule has 2 N–H and O–H groups in total. The van der Waals surface area contributed by atoms with Gasteiger partial charge in [-0.3, -0.25) is 9.59 Å². The molecule has 5 nitrogen and oxygen atoms in total. The zero-order valence-corrected chi connectivity index (χ0v) is 11.0. The van der Waals surface area contributed by atoms with Crippen molar-refractivity contribution in [1.29, 1.82) is 0 Å². The number of carboxylic acid groups (broad SMARTS) is 1. The van der Waals surface area contributed by atoms with Crippen LogP contribution in [0.3, 0.4) is 0 Å². The van der Waals surface area contributed by atoms with Gasteiger partial charge in [-0.2, -0.15) is 0 Å². The molecule has 3 rings (SSSR count). The normalized spacial score (nSPS) is 24.0. The first-order valence-electron chi connectivity index (χ1n) is 6.90. The molecule has 0 bridgehead atoms. The summed E-state index contributed by atoms with van der Waals surface area (Å²) in [6, 6.07) is 7.19. The van der Waals surface area contributed by atoms with Gasteiger partial charge < -0.3 is 15.2 Å². The summed E-state index contributed by atoms with van der Waals surface area (Å²) >= 11 is 0. The van der Waals surface area contributed by atoms with Crippen LogP contribution in [0.4, 0.5) is 5.69 Å². The van der Waals surface area contributed by atoms with E-state index in [9.17, 15) is 9.59 Å². The predicted molar refractivity (Wildman–Crippen MR) is 72.5 cm³/mol. The van der Waals surface area contributed by atoms with Gasteiger partial charge in [0.05, 0.1) is 18.4 Å². The molecule has 1 amide bonds. The maximum Gasteiger partial charge on any atom is 0.307 e. The molecule has 0 aromatic heterocycles. The molecule has 1 aromatic carbocycles. The fourth-order valence-corrected chi connectivity index (χ4v) is 2.13. The van der Waals surface area contributed by atoms with E-state index in [4.69, 9.17) is 9.84 Å². The third-order valence-electron chi connectivity index (χ3n) is 3.75. The minimum Gasteiger partial charge on any atom is -0.493 e. The van der Waals surface area contributed by atoms with Crippen LogP contribution in [-0.4, -0.2) is 23.6 Å². The lowest BCUT2D eigenvalue weighted by molar-refractivity contribution is -0.139. The zero-order chi connectivity index (χ0) is 14.1. The number of amides is 1. The molecule has 0 heterocycles. The number of carboxylic acids is 1. The van der Waals surface area contributed by atoms with Crippen LogP contribution >= 0.6 is 0 Å². The van der Waals surface area contributed by atoms with Crippen molar-refractivity contribution in [3.63, 3.8) is 0 Å². The lowest BCUT2D eigenvalue weighted by atomic mass is 10.2. The standard InChI is InChI=1S/C15H17NO4/c17-14(12-7-13(12)15(18)19)16-10-3-5-11(6-4-10)20-8-9-1-2-9/h3-6,9,12-13H,1-2,7-8H2,(H,16,17)(H,18,19). The molecule has 106 valence electrons. The highest BCUT2D eigenvalue weighted by molar-refractivity contribution is 5.98. The number of ether oxygens (including phenoxy) is 1. The van der Waals surface area contributed by atoms with E-state index < -0.39 is 17.8 Å². The molecule has 0 saturated heterocycles. The molecular formula is C15H17NO4. The van der Waals surface area contributed by atoms with Gasteiger partial charge in [-0.15, -0.1) is 0 Å². The summed E-state index contributed by atoms with van der Waals surface area (Å²) in [5, 5.41) is 11.5. The summed E-state index contributed by atoms with van der Waals surface area (Å²) in [6.07, 6.45) is 2.93. The van der Waals surface area contributed by atoms with E-state index in [2.05, 4.69) is 5.32 Å². The lowest BCUT2D eigenvalue weighted by Gasteiger charge is -2.07. The van der Waals surface area contributed by atoms with Crippen molar-refractivity contribution in [2.45, 2.75) is 19.3 Å². The average Bonchev–Trinajstić information content (AvgIpc) is 3.29. The Labute approximate surface area is 116 Å². The molecule has 0 radical (unpaired) electrons. The van der Waals surface area contributed by atoms with Crippen LogP contribution in [0.2, 0.25) is 0 Å². The van der Waals surface area contributed by atoms with Crippen molar-refractivity contribution in [1.82, 2.24) is 0 Å². The molecule has 2 aliphatic rings. The zero-order valence-electron chi connectivity index (χ0n) is 11.0. The topological polar surface area (TPSA) is 75.6 Å². The van der Waals surface area contributed by atoms with Gasteiger partial charge >= 0.3 is 5.97 Å². The molecule has 2 fully saturated rings. The number of nitrogens with one attached hydrogen (secondary N) is 1. The SMILES string of the molecule is O=C(O)C1CC1C(=O)Nc1ccc(OCC2CC2)cc1. The van der Waals surface area contributed by atoms with Gasteiger partial charge in [0.15, 0.2) is 0 Å². The molecule has 2 atom stereocenters. The van der Waals surface area contributed by atoms with Gasteiger partial charge in [0, 0.05) is 5.69 Å².